The van der Waals surface area contributed by atoms with Gasteiger partial charge in [-0.3, -0.25) is 4.57 Å². The second-order valence-electron chi connectivity index (χ2n) is 16.3. The van der Waals surface area contributed by atoms with E-state index in [9.17, 15) is 17.9 Å². The zero-order chi connectivity index (χ0) is 37.2. The molecule has 0 spiro atoms. The highest BCUT2D eigenvalue weighted by atomic mass is 32.2. The van der Waals surface area contributed by atoms with Gasteiger partial charge >= 0.3 is 7.60 Å². The van der Waals surface area contributed by atoms with Crippen LogP contribution in [0.1, 0.15) is 200 Å². The maximum absolute atomic E-state index is 13.1. The van der Waals surface area contributed by atoms with Gasteiger partial charge in [0.05, 0.1) is 58.1 Å². The molecule has 50 heavy (non-hydrogen) atoms. The lowest BCUT2D eigenvalue weighted by Crippen LogP contribution is -2.35. The summed E-state index contributed by atoms with van der Waals surface area (Å²) in [4.78, 5) is 10.4. The summed E-state index contributed by atoms with van der Waals surface area (Å²) in [6.07, 6.45) is 35.0. The molecule has 9 heteroatoms. The first-order valence-corrected chi connectivity index (χ1v) is 25.1. The van der Waals surface area contributed by atoms with E-state index in [2.05, 4.69) is 13.8 Å². The minimum atomic E-state index is -3.81. The van der Waals surface area contributed by atoms with Gasteiger partial charge in [-0.15, -0.1) is 0 Å². The van der Waals surface area contributed by atoms with E-state index in [-0.39, 0.29) is 24.3 Å². The largest absolute Gasteiger partial charge is 0.375 e. The summed E-state index contributed by atoms with van der Waals surface area (Å²) in [7, 11) is -1.01. The molecule has 0 aromatic heterocycles. The van der Waals surface area contributed by atoms with Gasteiger partial charge in [0, 0.05) is 13.0 Å². The van der Waals surface area contributed by atoms with Crippen LogP contribution in [0.15, 0.2) is 0 Å². The Kier molecular flexibility index (Phi) is 33.6. The quantitative estimate of drug-likeness (QED) is 0.0381. The van der Waals surface area contributed by atoms with Crippen molar-refractivity contribution in [2.75, 3.05) is 58.6 Å². The second kappa shape index (κ2) is 33.6. The van der Waals surface area contributed by atoms with E-state index in [1.54, 1.807) is 0 Å². The molecule has 0 aromatic carbocycles. The Bertz CT molecular complexity index is 879. The Morgan fingerprint density at radius 1 is 0.560 bits per heavy atom. The summed E-state index contributed by atoms with van der Waals surface area (Å²) in [6.45, 7) is 5.59. The number of sulfone groups is 1. The SMILES string of the molecule is CCCCCCCCCCCCCCCCOC(COP(=O)(O)CCC[N+](C)(C)C)CS(=O)(=O)CCCCCCCCCCCCCCCC. The number of ether oxygens (including phenoxy) is 1. The maximum atomic E-state index is 13.1. The van der Waals surface area contributed by atoms with Gasteiger partial charge in [0.2, 0.25) is 0 Å². The molecule has 0 heterocycles. The molecule has 0 aliphatic heterocycles. The maximum Gasteiger partial charge on any atom is 0.328 e. The van der Waals surface area contributed by atoms with Crippen LogP contribution in [0, 0.1) is 0 Å². The molecule has 302 valence electrons. The topological polar surface area (TPSA) is 89.9 Å². The third kappa shape index (κ3) is 37.8. The lowest BCUT2D eigenvalue weighted by molar-refractivity contribution is -0.870. The molecular weight excluding hydrogens is 665 g/mol. The summed E-state index contributed by atoms with van der Waals surface area (Å²) >= 11 is 0. The zero-order valence-electron chi connectivity index (χ0n) is 34.1. The summed E-state index contributed by atoms with van der Waals surface area (Å²) in [5.74, 6) is -0.00698. The number of hydrogen-bond acceptors (Lipinski definition) is 5. The summed E-state index contributed by atoms with van der Waals surface area (Å²) in [5, 5.41) is 0. The Hall–Kier alpha value is 0.0200. The first-order valence-electron chi connectivity index (χ1n) is 21.5. The molecule has 0 aliphatic carbocycles. The van der Waals surface area contributed by atoms with Crippen molar-refractivity contribution >= 4 is 17.4 Å². The lowest BCUT2D eigenvalue weighted by Gasteiger charge is -2.24. The Morgan fingerprint density at radius 2 is 0.920 bits per heavy atom. The second-order valence-corrected chi connectivity index (χ2v) is 20.5. The van der Waals surface area contributed by atoms with Crippen molar-refractivity contribution in [1.82, 2.24) is 0 Å². The molecule has 2 atom stereocenters. The van der Waals surface area contributed by atoms with Crippen LogP contribution in [0.2, 0.25) is 0 Å². The lowest BCUT2D eigenvalue weighted by atomic mass is 10.0. The van der Waals surface area contributed by atoms with Crippen LogP contribution in [0.5, 0.6) is 0 Å². The number of rotatable bonds is 40. The highest BCUT2D eigenvalue weighted by molar-refractivity contribution is 7.91. The van der Waals surface area contributed by atoms with Crippen molar-refractivity contribution in [3.8, 4) is 0 Å². The number of quaternary nitrogens is 1. The molecule has 0 bridgehead atoms. The average Bonchev–Trinajstić information content (AvgIpc) is 3.04. The minimum Gasteiger partial charge on any atom is -0.375 e. The molecule has 0 rings (SSSR count). The molecule has 1 N–H and O–H groups in total. The minimum absolute atomic E-state index is 0.0694. The van der Waals surface area contributed by atoms with Gasteiger partial charge in [0.15, 0.2) is 9.84 Å². The summed E-state index contributed by atoms with van der Waals surface area (Å²) in [6, 6.07) is 0. The molecule has 2 unspecified atom stereocenters. The predicted octanol–water partition coefficient (Wildman–Crippen LogP) is 12.0. The van der Waals surface area contributed by atoms with Gasteiger partial charge in [-0.2, -0.15) is 0 Å². The molecule has 0 radical (unpaired) electrons. The van der Waals surface area contributed by atoms with E-state index >= 15 is 0 Å². The van der Waals surface area contributed by atoms with Crippen LogP contribution >= 0.6 is 7.60 Å². The molecule has 0 aromatic rings. The van der Waals surface area contributed by atoms with Gasteiger partial charge in [-0.25, -0.2) is 8.42 Å². The number of nitrogens with zero attached hydrogens (tertiary/aromatic N) is 1. The fraction of sp³-hybridized carbons (Fsp3) is 1.00. The Labute approximate surface area is 312 Å². The van der Waals surface area contributed by atoms with E-state index in [1.807, 2.05) is 21.1 Å². The smallest absolute Gasteiger partial charge is 0.328 e. The van der Waals surface area contributed by atoms with Crippen molar-refractivity contribution < 1.29 is 31.6 Å². The van der Waals surface area contributed by atoms with Gasteiger partial charge in [-0.1, -0.05) is 181 Å². The Balaban J connectivity index is 4.38. The van der Waals surface area contributed by atoms with Crippen molar-refractivity contribution in [3.05, 3.63) is 0 Å². The van der Waals surface area contributed by atoms with Gasteiger partial charge in [-0.05, 0) is 12.8 Å². The van der Waals surface area contributed by atoms with Crippen LogP contribution in [-0.2, 0) is 23.7 Å². The standard InChI is InChI=1S/C41H86NO6PS/c1-6-8-10-12-14-16-18-20-22-24-26-28-30-32-36-47-41(39-48-49(43,44)37-34-35-42(3,4)5)40-50(45,46)38-33-31-29-27-25-23-21-19-17-15-13-11-9-7-2/h41H,6-40H2,1-5H3/p+1. The first-order chi connectivity index (χ1) is 23.9. The Morgan fingerprint density at radius 3 is 1.30 bits per heavy atom. The highest BCUT2D eigenvalue weighted by Crippen LogP contribution is 2.42. The third-order valence-corrected chi connectivity index (χ3v) is 13.1. The van der Waals surface area contributed by atoms with Crippen LogP contribution in [0.25, 0.3) is 0 Å². The number of unbranched alkanes of at least 4 members (excludes halogenated alkanes) is 26. The van der Waals surface area contributed by atoms with Crippen molar-refractivity contribution in [2.45, 2.75) is 206 Å². The molecule has 0 saturated carbocycles. The molecule has 0 aliphatic rings. The normalized spacial score (nSPS) is 14.3. The zero-order valence-corrected chi connectivity index (χ0v) is 35.8. The van der Waals surface area contributed by atoms with Crippen LogP contribution in [0.4, 0.5) is 0 Å². The fourth-order valence-electron chi connectivity index (χ4n) is 6.58. The van der Waals surface area contributed by atoms with Crippen molar-refractivity contribution in [2.24, 2.45) is 0 Å². The number of hydrogen-bond donors (Lipinski definition) is 1. The first kappa shape index (κ1) is 50.0. The van der Waals surface area contributed by atoms with Crippen molar-refractivity contribution in [1.29, 1.82) is 0 Å². The molecule has 0 amide bonds. The van der Waals surface area contributed by atoms with E-state index in [1.165, 1.54) is 141 Å². The molecule has 0 fully saturated rings. The van der Waals surface area contributed by atoms with Crippen molar-refractivity contribution in [3.63, 3.8) is 0 Å². The van der Waals surface area contributed by atoms with E-state index in [4.69, 9.17) is 9.26 Å². The van der Waals surface area contributed by atoms with Crippen LogP contribution in [0.3, 0.4) is 0 Å². The monoisotopic (exact) mass is 753 g/mol. The van der Waals surface area contributed by atoms with Gasteiger partial charge in [0.1, 0.15) is 0 Å². The molecular formula is C41H87NO6PS+. The highest BCUT2D eigenvalue weighted by Gasteiger charge is 2.26. The van der Waals surface area contributed by atoms with Crippen LogP contribution < -0.4 is 0 Å². The third-order valence-electron chi connectivity index (χ3n) is 9.83. The van der Waals surface area contributed by atoms with Gasteiger partial charge in [0.25, 0.3) is 0 Å². The molecule has 7 nitrogen and oxygen atoms in total. The van der Waals surface area contributed by atoms with E-state index in [0.717, 1.165) is 38.6 Å². The molecule has 0 saturated heterocycles. The predicted molar refractivity (Wildman–Crippen MR) is 217 cm³/mol. The summed E-state index contributed by atoms with van der Waals surface area (Å²) < 4.78 is 51.0. The average molecular weight is 753 g/mol. The van der Waals surface area contributed by atoms with Crippen LogP contribution in [-0.4, -0.2) is 82.5 Å². The van der Waals surface area contributed by atoms with E-state index < -0.39 is 23.5 Å². The van der Waals surface area contributed by atoms with E-state index in [0.29, 0.717) is 23.9 Å². The van der Waals surface area contributed by atoms with Gasteiger partial charge < -0.3 is 18.6 Å². The summed E-state index contributed by atoms with van der Waals surface area (Å²) in [5.41, 5.74) is 0. The fourth-order valence-corrected chi connectivity index (χ4v) is 9.22.